The Labute approximate surface area is 252 Å². The number of likely N-dealkylation sites (tertiary alicyclic amines) is 1. The highest BCUT2D eigenvalue weighted by molar-refractivity contribution is 6.32. The van der Waals surface area contributed by atoms with Crippen LogP contribution in [0.5, 0.6) is 5.75 Å². The van der Waals surface area contributed by atoms with Gasteiger partial charge in [0.2, 0.25) is 11.8 Å². The van der Waals surface area contributed by atoms with Gasteiger partial charge in [0.1, 0.15) is 29.8 Å². The molecule has 1 aromatic heterocycles. The third kappa shape index (κ3) is 7.33. The number of benzene rings is 1. The maximum Gasteiger partial charge on any atom is 0.249 e. The van der Waals surface area contributed by atoms with E-state index >= 15 is 0 Å². The lowest BCUT2D eigenvalue weighted by molar-refractivity contribution is -0.137. The van der Waals surface area contributed by atoms with Crippen molar-refractivity contribution in [2.24, 2.45) is 5.92 Å². The lowest BCUT2D eigenvalue weighted by atomic mass is 10.0. The molecule has 2 N–H and O–H groups in total. The van der Waals surface area contributed by atoms with Crippen molar-refractivity contribution >= 4 is 46.8 Å². The number of piperidine rings is 1. The number of nitrogens with zero attached hydrogens (tertiary/aromatic N) is 4. The zero-order chi connectivity index (χ0) is 29.5. The predicted octanol–water partition coefficient (Wildman–Crippen LogP) is 5.13. The van der Waals surface area contributed by atoms with Crippen LogP contribution in [0.25, 0.3) is 6.08 Å². The molecule has 3 heterocycles. The zero-order valence-electron chi connectivity index (χ0n) is 24.5. The van der Waals surface area contributed by atoms with Crippen LogP contribution in [-0.2, 0) is 14.3 Å². The number of nitrogens with one attached hydrogen (secondary N) is 2. The summed E-state index contributed by atoms with van der Waals surface area (Å²) in [5.74, 6) is 2.34. The van der Waals surface area contributed by atoms with Crippen molar-refractivity contribution in [2.75, 3.05) is 57.1 Å². The molecule has 2 amide bonds. The van der Waals surface area contributed by atoms with Crippen LogP contribution in [-0.4, -0.2) is 84.1 Å². The Morgan fingerprint density at radius 1 is 1.17 bits per heavy atom. The van der Waals surface area contributed by atoms with Crippen LogP contribution in [0.4, 0.5) is 17.3 Å². The first-order valence-electron chi connectivity index (χ1n) is 15.1. The van der Waals surface area contributed by atoms with Gasteiger partial charge in [0.15, 0.2) is 0 Å². The van der Waals surface area contributed by atoms with E-state index in [2.05, 4.69) is 20.6 Å². The molecule has 2 aliphatic heterocycles. The number of hydrogen-bond acceptors (Lipinski definition) is 8. The van der Waals surface area contributed by atoms with Gasteiger partial charge in [0.25, 0.3) is 0 Å². The van der Waals surface area contributed by atoms with E-state index < -0.39 is 0 Å². The number of rotatable bonds is 10. The molecule has 2 aromatic rings. The number of anilines is 3. The Bertz CT molecular complexity index is 1290. The predicted molar refractivity (Wildman–Crippen MR) is 164 cm³/mol. The van der Waals surface area contributed by atoms with Crippen molar-refractivity contribution in [1.82, 2.24) is 19.8 Å². The van der Waals surface area contributed by atoms with Crippen LogP contribution in [0.15, 0.2) is 30.1 Å². The molecule has 3 aliphatic rings. The topological polar surface area (TPSA) is 109 Å². The largest absolute Gasteiger partial charge is 0.489 e. The molecule has 1 aromatic carbocycles. The second-order valence-corrected chi connectivity index (χ2v) is 11.6. The van der Waals surface area contributed by atoms with Crippen molar-refractivity contribution in [3.8, 4) is 5.75 Å². The molecule has 0 spiro atoms. The molecule has 11 heteroatoms. The maximum absolute atomic E-state index is 13.1. The fourth-order valence-electron chi connectivity index (χ4n) is 5.81. The monoisotopic (exact) mass is 596 g/mol. The first-order valence-corrected chi connectivity index (χ1v) is 15.5. The number of aromatic nitrogens is 2. The highest BCUT2D eigenvalue weighted by atomic mass is 35.5. The van der Waals surface area contributed by atoms with Crippen LogP contribution in [0.2, 0.25) is 5.02 Å². The summed E-state index contributed by atoms with van der Waals surface area (Å²) in [4.78, 5) is 38.5. The van der Waals surface area contributed by atoms with E-state index in [-0.39, 0.29) is 17.9 Å². The fraction of sp³-hybridized carbons (Fsp3) is 0.548. The summed E-state index contributed by atoms with van der Waals surface area (Å²) in [6.07, 6.45) is 9.92. The normalized spacial score (nSPS) is 17.6. The maximum atomic E-state index is 13.1. The number of hydrogen-bond donors (Lipinski definition) is 2. The Kier molecular flexibility index (Phi) is 10.2. The smallest absolute Gasteiger partial charge is 0.249 e. The molecule has 42 heavy (non-hydrogen) atoms. The Morgan fingerprint density at radius 3 is 2.69 bits per heavy atom. The van der Waals surface area contributed by atoms with Crippen molar-refractivity contribution < 1.29 is 19.1 Å². The molecule has 0 radical (unpaired) electrons. The van der Waals surface area contributed by atoms with Gasteiger partial charge in [0.05, 0.1) is 17.2 Å². The zero-order valence-corrected chi connectivity index (χ0v) is 25.3. The average molecular weight is 597 g/mol. The summed E-state index contributed by atoms with van der Waals surface area (Å²) in [5.41, 5.74) is 2.13. The van der Waals surface area contributed by atoms with E-state index in [0.29, 0.717) is 72.2 Å². The van der Waals surface area contributed by atoms with Gasteiger partial charge in [-0.3, -0.25) is 9.59 Å². The molecule has 1 aliphatic carbocycles. The minimum atomic E-state index is -0.0440. The van der Waals surface area contributed by atoms with Crippen LogP contribution in [0.3, 0.4) is 0 Å². The SMILES string of the molecule is CCOCCN(C)C(=O)C1=Cc2c(ncnc2Nc2ccc(OC3CCN(C(=O)C4CCCC4)CC3)c(Cl)c2)NCC1. The quantitative estimate of drug-likeness (QED) is 0.364. The van der Waals surface area contributed by atoms with Crippen molar-refractivity contribution in [3.05, 3.63) is 40.7 Å². The summed E-state index contributed by atoms with van der Waals surface area (Å²) in [5, 5.41) is 7.14. The Balaban J connectivity index is 1.22. The molecule has 1 saturated heterocycles. The van der Waals surface area contributed by atoms with Crippen molar-refractivity contribution in [2.45, 2.75) is 58.0 Å². The lowest BCUT2D eigenvalue weighted by Crippen LogP contribution is -2.44. The Morgan fingerprint density at radius 2 is 1.95 bits per heavy atom. The van der Waals surface area contributed by atoms with Gasteiger partial charge in [0, 0.05) is 69.9 Å². The van der Waals surface area contributed by atoms with Gasteiger partial charge in [-0.1, -0.05) is 24.4 Å². The molecular formula is C31H41ClN6O4. The number of likely N-dealkylation sites (N-methyl/N-ethyl adjacent to an activating group) is 1. The molecular weight excluding hydrogens is 556 g/mol. The standard InChI is InChI=1S/C31H41ClN6O4/c1-3-41-17-16-37(2)30(39)22-10-13-33-28-25(18-22)29(35-20-34-28)36-23-8-9-27(26(32)19-23)42-24-11-14-38(15-12-24)31(40)21-6-4-5-7-21/h8-9,18-21,24H,3-7,10-17H2,1-2H3,(H2,33,34,35,36). The van der Waals surface area contributed by atoms with E-state index in [0.717, 1.165) is 44.5 Å². The molecule has 226 valence electrons. The molecule has 0 unspecified atom stereocenters. The van der Waals surface area contributed by atoms with Gasteiger partial charge < -0.3 is 29.9 Å². The minimum Gasteiger partial charge on any atom is -0.489 e. The van der Waals surface area contributed by atoms with Gasteiger partial charge in [-0.2, -0.15) is 0 Å². The van der Waals surface area contributed by atoms with Gasteiger partial charge in [-0.05, 0) is 50.5 Å². The average Bonchev–Trinajstić information content (AvgIpc) is 3.45. The summed E-state index contributed by atoms with van der Waals surface area (Å²) in [7, 11) is 1.78. The number of halogens is 1. The lowest BCUT2D eigenvalue weighted by Gasteiger charge is -2.33. The Hall–Kier alpha value is -3.37. The van der Waals surface area contributed by atoms with Crippen LogP contribution >= 0.6 is 11.6 Å². The van der Waals surface area contributed by atoms with E-state index in [1.165, 1.54) is 19.2 Å². The molecule has 1 saturated carbocycles. The summed E-state index contributed by atoms with van der Waals surface area (Å²) >= 11 is 6.65. The molecule has 0 atom stereocenters. The number of carbonyl (C=O) groups excluding carboxylic acids is 2. The number of ether oxygens (including phenoxy) is 2. The third-order valence-electron chi connectivity index (χ3n) is 8.23. The number of fused-ring (bicyclic) bond motifs is 1. The summed E-state index contributed by atoms with van der Waals surface area (Å²) in [6.45, 7) is 5.61. The minimum absolute atomic E-state index is 0.0189. The second-order valence-electron chi connectivity index (χ2n) is 11.1. The van der Waals surface area contributed by atoms with Crippen molar-refractivity contribution in [1.29, 1.82) is 0 Å². The van der Waals surface area contributed by atoms with E-state index in [9.17, 15) is 9.59 Å². The molecule has 2 fully saturated rings. The van der Waals surface area contributed by atoms with Gasteiger partial charge >= 0.3 is 0 Å². The van der Waals surface area contributed by atoms with Gasteiger partial charge in [-0.15, -0.1) is 0 Å². The van der Waals surface area contributed by atoms with Crippen molar-refractivity contribution in [3.63, 3.8) is 0 Å². The highest BCUT2D eigenvalue weighted by Gasteiger charge is 2.30. The van der Waals surface area contributed by atoms with Crippen LogP contribution in [0, 0.1) is 5.92 Å². The third-order valence-corrected chi connectivity index (χ3v) is 8.53. The summed E-state index contributed by atoms with van der Waals surface area (Å²) < 4.78 is 11.7. The first-order chi connectivity index (χ1) is 20.4. The first kappa shape index (κ1) is 30.1. The van der Waals surface area contributed by atoms with E-state index in [1.54, 1.807) is 11.9 Å². The fourth-order valence-corrected chi connectivity index (χ4v) is 6.04. The number of amides is 2. The highest BCUT2D eigenvalue weighted by Crippen LogP contribution is 2.34. The molecule has 10 nitrogen and oxygen atoms in total. The van der Waals surface area contributed by atoms with Gasteiger partial charge in [-0.25, -0.2) is 9.97 Å². The molecule has 5 rings (SSSR count). The second kappa shape index (κ2) is 14.2. The van der Waals surface area contributed by atoms with E-state index in [4.69, 9.17) is 21.1 Å². The number of carbonyl (C=O) groups is 2. The van der Waals surface area contributed by atoms with Crippen LogP contribution < -0.4 is 15.4 Å². The summed E-state index contributed by atoms with van der Waals surface area (Å²) in [6, 6.07) is 5.57. The molecule has 0 bridgehead atoms. The van der Waals surface area contributed by atoms with Crippen LogP contribution in [0.1, 0.15) is 57.4 Å². The van der Waals surface area contributed by atoms with E-state index in [1.807, 2.05) is 36.1 Å².